The van der Waals surface area contributed by atoms with Gasteiger partial charge in [-0.05, 0) is 31.4 Å². The number of nitrogens with one attached hydrogen (secondary N) is 1. The van der Waals surface area contributed by atoms with E-state index in [1.165, 1.54) is 11.1 Å². The summed E-state index contributed by atoms with van der Waals surface area (Å²) in [6, 6.07) is 8.06. The Bertz CT molecular complexity index is 380. The Kier molecular flexibility index (Phi) is 6.22. The van der Waals surface area contributed by atoms with E-state index < -0.39 is 0 Å². The molecule has 0 aliphatic carbocycles. The van der Waals surface area contributed by atoms with Crippen LogP contribution in [-0.4, -0.2) is 42.3 Å². The molecule has 2 amide bonds. The van der Waals surface area contributed by atoms with Crippen LogP contribution in [0.1, 0.15) is 18.1 Å². The van der Waals surface area contributed by atoms with Crippen LogP contribution in [0.2, 0.25) is 0 Å². The van der Waals surface area contributed by atoms with E-state index in [0.29, 0.717) is 19.6 Å². The molecule has 0 bridgehead atoms. The van der Waals surface area contributed by atoms with E-state index in [2.05, 4.69) is 24.4 Å². The minimum Gasteiger partial charge on any atom is -0.395 e. The lowest BCUT2D eigenvalue weighted by molar-refractivity contribution is 0.180. The van der Waals surface area contributed by atoms with Crippen LogP contribution in [-0.2, 0) is 6.42 Å². The first-order valence-corrected chi connectivity index (χ1v) is 6.37. The van der Waals surface area contributed by atoms with Crippen molar-refractivity contribution in [2.45, 2.75) is 20.3 Å². The molecule has 1 rings (SSSR count). The Morgan fingerprint density at radius 2 is 2.11 bits per heavy atom. The fourth-order valence-corrected chi connectivity index (χ4v) is 1.83. The topological polar surface area (TPSA) is 52.6 Å². The second kappa shape index (κ2) is 7.71. The first-order valence-electron chi connectivity index (χ1n) is 6.37. The van der Waals surface area contributed by atoms with Gasteiger partial charge in [0.1, 0.15) is 0 Å². The van der Waals surface area contributed by atoms with Crippen LogP contribution in [0.3, 0.4) is 0 Å². The maximum Gasteiger partial charge on any atom is 0.317 e. The van der Waals surface area contributed by atoms with Crippen molar-refractivity contribution in [3.05, 3.63) is 35.4 Å². The average Bonchev–Trinajstić information content (AvgIpc) is 2.38. The first kappa shape index (κ1) is 14.5. The largest absolute Gasteiger partial charge is 0.395 e. The molecule has 0 unspecified atom stereocenters. The Morgan fingerprint density at radius 3 is 2.72 bits per heavy atom. The SMILES string of the molecule is CCN(CCO)C(=O)NCCc1ccccc1C. The molecule has 0 heterocycles. The van der Waals surface area contributed by atoms with Crippen molar-refractivity contribution in [2.24, 2.45) is 0 Å². The van der Waals surface area contributed by atoms with Crippen molar-refractivity contribution in [3.8, 4) is 0 Å². The smallest absolute Gasteiger partial charge is 0.317 e. The first-order chi connectivity index (χ1) is 8.69. The maximum atomic E-state index is 11.7. The molecule has 0 spiro atoms. The molecule has 0 fully saturated rings. The molecule has 1 aromatic rings. The molecule has 18 heavy (non-hydrogen) atoms. The number of hydrogen-bond donors (Lipinski definition) is 2. The maximum absolute atomic E-state index is 11.7. The predicted octanol–water partition coefficient (Wildman–Crippen LogP) is 1.56. The fourth-order valence-electron chi connectivity index (χ4n) is 1.83. The number of amides is 2. The molecule has 4 heteroatoms. The Hall–Kier alpha value is -1.55. The van der Waals surface area contributed by atoms with Gasteiger partial charge in [0.25, 0.3) is 0 Å². The average molecular weight is 250 g/mol. The summed E-state index contributed by atoms with van der Waals surface area (Å²) in [5.41, 5.74) is 2.50. The summed E-state index contributed by atoms with van der Waals surface area (Å²) >= 11 is 0. The Labute approximate surface area is 109 Å². The van der Waals surface area contributed by atoms with Crippen LogP contribution >= 0.6 is 0 Å². The number of aryl methyl sites for hydroxylation is 1. The van der Waals surface area contributed by atoms with E-state index in [-0.39, 0.29) is 12.6 Å². The van der Waals surface area contributed by atoms with Gasteiger partial charge < -0.3 is 15.3 Å². The number of benzene rings is 1. The summed E-state index contributed by atoms with van der Waals surface area (Å²) in [5, 5.41) is 11.7. The number of carbonyl (C=O) groups is 1. The summed E-state index contributed by atoms with van der Waals surface area (Å²) in [6.45, 7) is 5.58. The van der Waals surface area contributed by atoms with Gasteiger partial charge in [-0.1, -0.05) is 24.3 Å². The van der Waals surface area contributed by atoms with E-state index >= 15 is 0 Å². The van der Waals surface area contributed by atoms with E-state index in [1.807, 2.05) is 19.1 Å². The normalized spacial score (nSPS) is 10.2. The standard InChI is InChI=1S/C14H22N2O2/c1-3-16(10-11-17)14(18)15-9-8-13-7-5-4-6-12(13)2/h4-7,17H,3,8-11H2,1-2H3,(H,15,18). The highest BCUT2D eigenvalue weighted by atomic mass is 16.3. The van der Waals surface area contributed by atoms with Crippen molar-refractivity contribution in [1.29, 1.82) is 0 Å². The Morgan fingerprint density at radius 1 is 1.39 bits per heavy atom. The monoisotopic (exact) mass is 250 g/mol. The summed E-state index contributed by atoms with van der Waals surface area (Å²) in [7, 11) is 0. The second-order valence-electron chi connectivity index (χ2n) is 4.21. The molecule has 2 N–H and O–H groups in total. The van der Waals surface area contributed by atoms with Gasteiger partial charge in [0.15, 0.2) is 0 Å². The van der Waals surface area contributed by atoms with Gasteiger partial charge in [-0.2, -0.15) is 0 Å². The quantitative estimate of drug-likeness (QED) is 0.805. The molecule has 0 aliphatic heterocycles. The van der Waals surface area contributed by atoms with Crippen molar-refractivity contribution in [1.82, 2.24) is 10.2 Å². The molecule has 0 aromatic heterocycles. The number of aliphatic hydroxyl groups excluding tert-OH is 1. The molecular weight excluding hydrogens is 228 g/mol. The van der Waals surface area contributed by atoms with Gasteiger partial charge in [0.05, 0.1) is 6.61 Å². The molecule has 0 aliphatic rings. The molecule has 4 nitrogen and oxygen atoms in total. The third-order valence-electron chi connectivity index (χ3n) is 2.97. The number of rotatable bonds is 6. The highest BCUT2D eigenvalue weighted by molar-refractivity contribution is 5.74. The van der Waals surface area contributed by atoms with Crippen molar-refractivity contribution in [2.75, 3.05) is 26.2 Å². The molecule has 1 aromatic carbocycles. The van der Waals surface area contributed by atoms with Gasteiger partial charge in [0.2, 0.25) is 0 Å². The predicted molar refractivity (Wildman–Crippen MR) is 72.6 cm³/mol. The Balaban J connectivity index is 2.37. The van der Waals surface area contributed by atoms with Gasteiger partial charge in [-0.15, -0.1) is 0 Å². The van der Waals surface area contributed by atoms with E-state index in [0.717, 1.165) is 6.42 Å². The fraction of sp³-hybridized carbons (Fsp3) is 0.500. The third-order valence-corrected chi connectivity index (χ3v) is 2.97. The van der Waals surface area contributed by atoms with Crippen molar-refractivity contribution >= 4 is 6.03 Å². The number of likely N-dealkylation sites (N-methyl/N-ethyl adjacent to an activating group) is 1. The van der Waals surface area contributed by atoms with E-state index in [9.17, 15) is 4.79 Å². The van der Waals surface area contributed by atoms with Crippen LogP contribution in [0.15, 0.2) is 24.3 Å². The minimum absolute atomic E-state index is 0.000939. The molecular formula is C14H22N2O2. The van der Waals surface area contributed by atoms with Crippen molar-refractivity contribution < 1.29 is 9.90 Å². The molecule has 0 radical (unpaired) electrons. The zero-order valence-electron chi connectivity index (χ0n) is 11.1. The zero-order valence-corrected chi connectivity index (χ0v) is 11.1. The minimum atomic E-state index is -0.111. The van der Waals surface area contributed by atoms with E-state index in [1.54, 1.807) is 4.90 Å². The summed E-state index contributed by atoms with van der Waals surface area (Å²) in [5.74, 6) is 0. The summed E-state index contributed by atoms with van der Waals surface area (Å²) in [4.78, 5) is 13.3. The summed E-state index contributed by atoms with van der Waals surface area (Å²) in [6.07, 6.45) is 0.828. The lowest BCUT2D eigenvalue weighted by Gasteiger charge is -2.20. The number of hydrogen-bond acceptors (Lipinski definition) is 2. The number of carbonyl (C=O) groups excluding carboxylic acids is 1. The highest BCUT2D eigenvalue weighted by Crippen LogP contribution is 2.06. The summed E-state index contributed by atoms with van der Waals surface area (Å²) < 4.78 is 0. The van der Waals surface area contributed by atoms with Gasteiger partial charge in [0, 0.05) is 19.6 Å². The van der Waals surface area contributed by atoms with Crippen LogP contribution in [0.25, 0.3) is 0 Å². The highest BCUT2D eigenvalue weighted by Gasteiger charge is 2.09. The van der Waals surface area contributed by atoms with Crippen LogP contribution in [0, 0.1) is 6.92 Å². The van der Waals surface area contributed by atoms with Gasteiger partial charge in [-0.25, -0.2) is 4.79 Å². The third kappa shape index (κ3) is 4.37. The molecule has 0 saturated heterocycles. The molecule has 0 saturated carbocycles. The number of urea groups is 1. The lowest BCUT2D eigenvalue weighted by atomic mass is 10.1. The van der Waals surface area contributed by atoms with Gasteiger partial charge in [-0.3, -0.25) is 0 Å². The number of aliphatic hydroxyl groups is 1. The number of nitrogens with zero attached hydrogens (tertiary/aromatic N) is 1. The lowest BCUT2D eigenvalue weighted by Crippen LogP contribution is -2.42. The van der Waals surface area contributed by atoms with E-state index in [4.69, 9.17) is 5.11 Å². The van der Waals surface area contributed by atoms with Crippen molar-refractivity contribution in [3.63, 3.8) is 0 Å². The van der Waals surface area contributed by atoms with Crippen LogP contribution in [0.5, 0.6) is 0 Å². The molecule has 100 valence electrons. The van der Waals surface area contributed by atoms with Gasteiger partial charge >= 0.3 is 6.03 Å². The van der Waals surface area contributed by atoms with Crippen LogP contribution < -0.4 is 5.32 Å². The molecule has 0 atom stereocenters. The van der Waals surface area contributed by atoms with Crippen LogP contribution in [0.4, 0.5) is 4.79 Å². The second-order valence-corrected chi connectivity index (χ2v) is 4.21. The zero-order chi connectivity index (χ0) is 13.4.